The third kappa shape index (κ3) is 9.23. The van der Waals surface area contributed by atoms with Gasteiger partial charge in [0.1, 0.15) is 17.0 Å². The van der Waals surface area contributed by atoms with Gasteiger partial charge in [-0.25, -0.2) is 14.5 Å². The molecule has 0 aliphatic heterocycles. The van der Waals surface area contributed by atoms with Crippen LogP contribution in [0.15, 0.2) is 22.7 Å². The highest BCUT2D eigenvalue weighted by Crippen LogP contribution is 2.38. The Balaban J connectivity index is 3.25. The summed E-state index contributed by atoms with van der Waals surface area (Å²) < 4.78 is 18.1. The number of carbonyl (C=O) groups is 2. The van der Waals surface area contributed by atoms with E-state index in [1.54, 1.807) is 41.5 Å². The summed E-state index contributed by atoms with van der Waals surface area (Å²) >= 11 is 3.52. The summed E-state index contributed by atoms with van der Waals surface area (Å²) in [6.07, 6.45) is -1.51. The lowest BCUT2D eigenvalue weighted by molar-refractivity contribution is -0.000267. The predicted octanol–water partition coefficient (Wildman–Crippen LogP) is 7.51. The SMILES string of the molecule is CC(C)(C)OC(=O)N(Cc1cc(Br)cc(O[Si](C)(C)C(C)(C)C)c1)C(=O)OC(C)(C)C. The first-order valence-corrected chi connectivity index (χ1v) is 14.1. The molecule has 0 aliphatic carbocycles. The maximum atomic E-state index is 12.8. The van der Waals surface area contributed by atoms with Gasteiger partial charge in [0.2, 0.25) is 8.32 Å². The van der Waals surface area contributed by atoms with Crippen LogP contribution < -0.4 is 4.43 Å². The molecule has 0 N–H and O–H groups in total. The lowest BCUT2D eigenvalue weighted by Gasteiger charge is -2.36. The standard InChI is InChI=1S/C23H38BrNO5Si/c1-21(2,3)28-19(26)25(20(27)29-22(4,5)6)15-16-12-17(24)14-18(13-16)30-31(10,11)23(7,8)9/h12-14H,15H2,1-11H3. The highest BCUT2D eigenvalue weighted by molar-refractivity contribution is 9.10. The first-order valence-electron chi connectivity index (χ1n) is 10.4. The summed E-state index contributed by atoms with van der Waals surface area (Å²) in [5, 5.41) is 0.0363. The Kier molecular flexibility index (Phi) is 8.45. The molecular weight excluding hydrogens is 478 g/mol. The van der Waals surface area contributed by atoms with Crippen LogP contribution in [0, 0.1) is 0 Å². The number of halogens is 1. The van der Waals surface area contributed by atoms with E-state index < -0.39 is 31.7 Å². The summed E-state index contributed by atoms with van der Waals surface area (Å²) in [7, 11) is -2.06. The zero-order valence-corrected chi connectivity index (χ0v) is 23.4. The Morgan fingerprint density at radius 2 is 1.32 bits per heavy atom. The van der Waals surface area contributed by atoms with E-state index in [1.807, 2.05) is 18.2 Å². The van der Waals surface area contributed by atoms with Crippen LogP contribution in [0.3, 0.4) is 0 Å². The first-order chi connectivity index (χ1) is 13.7. The third-order valence-electron chi connectivity index (χ3n) is 4.68. The number of carbonyl (C=O) groups excluding carboxylic acids is 2. The molecule has 1 aromatic carbocycles. The van der Waals surface area contributed by atoms with E-state index in [1.165, 1.54) is 0 Å². The van der Waals surface area contributed by atoms with Crippen LogP contribution in [0.25, 0.3) is 0 Å². The number of ether oxygens (including phenoxy) is 2. The fraction of sp³-hybridized carbons (Fsp3) is 0.652. The second kappa shape index (κ2) is 9.53. The largest absolute Gasteiger partial charge is 0.543 e. The molecule has 0 saturated heterocycles. The Bertz CT molecular complexity index is 776. The van der Waals surface area contributed by atoms with Crippen molar-refractivity contribution < 1.29 is 23.5 Å². The predicted molar refractivity (Wildman–Crippen MR) is 130 cm³/mol. The van der Waals surface area contributed by atoms with Crippen molar-refractivity contribution in [1.29, 1.82) is 0 Å². The van der Waals surface area contributed by atoms with Gasteiger partial charge in [0.15, 0.2) is 0 Å². The summed E-state index contributed by atoms with van der Waals surface area (Å²) in [6, 6.07) is 5.60. The van der Waals surface area contributed by atoms with Gasteiger partial charge in [0.05, 0.1) is 6.54 Å². The molecule has 0 spiro atoms. The zero-order valence-electron chi connectivity index (χ0n) is 20.8. The number of rotatable bonds is 4. The van der Waals surface area contributed by atoms with Gasteiger partial charge in [-0.15, -0.1) is 0 Å². The molecule has 2 amide bonds. The van der Waals surface area contributed by atoms with Crippen LogP contribution in [0.2, 0.25) is 18.1 Å². The van der Waals surface area contributed by atoms with Gasteiger partial charge in [-0.3, -0.25) is 0 Å². The summed E-state index contributed by atoms with van der Waals surface area (Å²) in [5.41, 5.74) is -0.768. The van der Waals surface area contributed by atoms with Crippen molar-refractivity contribution in [2.45, 2.75) is 98.2 Å². The van der Waals surface area contributed by atoms with E-state index in [-0.39, 0.29) is 11.6 Å². The van der Waals surface area contributed by atoms with Gasteiger partial charge < -0.3 is 13.9 Å². The molecule has 1 rings (SSSR count). The first kappa shape index (κ1) is 27.5. The topological polar surface area (TPSA) is 65.1 Å². The zero-order chi connectivity index (χ0) is 24.4. The Labute approximate surface area is 196 Å². The fourth-order valence-electron chi connectivity index (χ4n) is 2.24. The second-order valence-electron chi connectivity index (χ2n) is 11.2. The quantitative estimate of drug-likeness (QED) is 0.388. The van der Waals surface area contributed by atoms with E-state index in [0.717, 1.165) is 14.9 Å². The molecule has 6 nitrogen and oxygen atoms in total. The molecule has 0 aliphatic rings. The molecular formula is C23H38BrNO5Si. The summed E-state index contributed by atoms with van der Waals surface area (Å²) in [5.74, 6) is 0.698. The van der Waals surface area contributed by atoms with E-state index in [4.69, 9.17) is 13.9 Å². The molecule has 176 valence electrons. The average molecular weight is 517 g/mol. The molecule has 0 aromatic heterocycles. The molecule has 0 atom stereocenters. The maximum Gasteiger partial charge on any atom is 0.420 e. The maximum absolute atomic E-state index is 12.8. The third-order valence-corrected chi connectivity index (χ3v) is 9.49. The van der Waals surface area contributed by atoms with Crippen molar-refractivity contribution in [3.63, 3.8) is 0 Å². The number of amides is 2. The highest BCUT2D eigenvalue weighted by Gasteiger charge is 2.39. The highest BCUT2D eigenvalue weighted by atomic mass is 79.9. The molecule has 0 radical (unpaired) electrons. The minimum atomic E-state index is -2.06. The van der Waals surface area contributed by atoms with Crippen LogP contribution in [0.1, 0.15) is 67.9 Å². The van der Waals surface area contributed by atoms with E-state index in [2.05, 4.69) is 49.8 Å². The number of hydrogen-bond donors (Lipinski definition) is 0. The molecule has 1 aromatic rings. The molecule has 0 bridgehead atoms. The Morgan fingerprint density at radius 3 is 1.71 bits per heavy atom. The van der Waals surface area contributed by atoms with Crippen LogP contribution in [-0.2, 0) is 16.0 Å². The van der Waals surface area contributed by atoms with Crippen LogP contribution in [0.5, 0.6) is 5.75 Å². The van der Waals surface area contributed by atoms with Crippen molar-refractivity contribution in [1.82, 2.24) is 4.90 Å². The number of benzene rings is 1. The number of nitrogens with zero attached hydrogens (tertiary/aromatic N) is 1. The minimum absolute atomic E-state index is 0.00285. The second-order valence-corrected chi connectivity index (χ2v) is 16.8. The van der Waals surface area contributed by atoms with Crippen molar-refractivity contribution >= 4 is 36.4 Å². The van der Waals surface area contributed by atoms with Gasteiger partial charge in [-0.2, -0.15) is 0 Å². The lowest BCUT2D eigenvalue weighted by Crippen LogP contribution is -2.44. The van der Waals surface area contributed by atoms with Gasteiger partial charge >= 0.3 is 12.2 Å². The number of imide groups is 1. The van der Waals surface area contributed by atoms with Gasteiger partial charge in [-0.1, -0.05) is 36.7 Å². The molecule has 0 fully saturated rings. The van der Waals surface area contributed by atoms with E-state index in [9.17, 15) is 9.59 Å². The average Bonchev–Trinajstić information content (AvgIpc) is 2.46. The molecule has 8 heteroatoms. The minimum Gasteiger partial charge on any atom is -0.543 e. The van der Waals surface area contributed by atoms with Crippen LogP contribution in [0.4, 0.5) is 9.59 Å². The Morgan fingerprint density at radius 1 is 0.871 bits per heavy atom. The van der Waals surface area contributed by atoms with Crippen molar-refractivity contribution in [3.05, 3.63) is 28.2 Å². The molecule has 0 unspecified atom stereocenters. The van der Waals surface area contributed by atoms with Gasteiger partial charge in [0, 0.05) is 4.47 Å². The fourth-order valence-corrected chi connectivity index (χ4v) is 3.77. The van der Waals surface area contributed by atoms with E-state index in [0.29, 0.717) is 5.75 Å². The molecule has 31 heavy (non-hydrogen) atoms. The van der Waals surface area contributed by atoms with Crippen LogP contribution >= 0.6 is 15.9 Å². The van der Waals surface area contributed by atoms with Crippen molar-refractivity contribution in [2.24, 2.45) is 0 Å². The normalized spacial score (nSPS) is 12.9. The lowest BCUT2D eigenvalue weighted by atomic mass is 10.2. The molecule has 0 saturated carbocycles. The summed E-state index contributed by atoms with van der Waals surface area (Å²) in [4.78, 5) is 26.6. The smallest absolute Gasteiger partial charge is 0.420 e. The van der Waals surface area contributed by atoms with Crippen LogP contribution in [-0.4, -0.2) is 36.6 Å². The van der Waals surface area contributed by atoms with Crippen molar-refractivity contribution in [3.8, 4) is 5.75 Å². The van der Waals surface area contributed by atoms with E-state index >= 15 is 0 Å². The molecule has 0 heterocycles. The van der Waals surface area contributed by atoms with Crippen molar-refractivity contribution in [2.75, 3.05) is 0 Å². The van der Waals surface area contributed by atoms with Gasteiger partial charge in [-0.05, 0) is 83.4 Å². The monoisotopic (exact) mass is 515 g/mol. The summed E-state index contributed by atoms with van der Waals surface area (Å²) in [6.45, 7) is 21.4. The van der Waals surface area contributed by atoms with Gasteiger partial charge in [0.25, 0.3) is 0 Å². The number of hydrogen-bond acceptors (Lipinski definition) is 5. The Hall–Kier alpha value is -1.54.